The first-order valence-electron chi connectivity index (χ1n) is 2.47. The minimum absolute atomic E-state index is 0. The second-order valence-electron chi connectivity index (χ2n) is 1.59. The zero-order valence-corrected chi connectivity index (χ0v) is 5.83. The number of hydrogen-bond acceptors (Lipinski definition) is 2. The maximum atomic E-state index is 10.1. The van der Waals surface area contributed by atoms with Gasteiger partial charge in [0.2, 0.25) is 0 Å². The highest BCUT2D eigenvalue weighted by Crippen LogP contribution is 1.84. The van der Waals surface area contributed by atoms with Crippen molar-refractivity contribution in [3.8, 4) is 0 Å². The topological polar surface area (TPSA) is 43.1 Å². The van der Waals surface area contributed by atoms with Gasteiger partial charge in [-0.2, -0.15) is 0 Å². The maximum absolute atomic E-state index is 10.1. The van der Waals surface area contributed by atoms with Gasteiger partial charge < -0.3 is 10.5 Å². The molecule has 3 heteroatoms. The van der Waals surface area contributed by atoms with Crippen LogP contribution in [0.3, 0.4) is 0 Å². The average molecular weight is 138 g/mol. The Hall–Kier alpha value is -0.0800. The zero-order valence-electron chi connectivity index (χ0n) is 5.02. The number of carbonyl (C=O) groups excluding carboxylic acids is 1. The third-order valence-electron chi connectivity index (χ3n) is 0.733. The molecule has 2 N–H and O–H groups in total. The van der Waals surface area contributed by atoms with E-state index in [1.165, 1.54) is 0 Å². The summed E-state index contributed by atoms with van der Waals surface area (Å²) in [6.45, 7) is 2.20. The van der Waals surface area contributed by atoms with Gasteiger partial charge in [0, 0.05) is 6.42 Å². The molecule has 0 aliphatic heterocycles. The van der Waals surface area contributed by atoms with Crippen LogP contribution in [-0.4, -0.2) is 12.3 Å². The Morgan fingerprint density at radius 1 is 1.62 bits per heavy atom. The lowest BCUT2D eigenvalue weighted by atomic mass is 10.2. The van der Waals surface area contributed by atoms with Crippen molar-refractivity contribution in [2.45, 2.75) is 19.8 Å². The van der Waals surface area contributed by atoms with Gasteiger partial charge in [0.1, 0.15) is 5.78 Å². The van der Waals surface area contributed by atoms with Crippen molar-refractivity contribution in [3.63, 3.8) is 0 Å². The largest absolute Gasteiger partial charge is 0.330 e. The molecular formula is C5H12ClNO. The van der Waals surface area contributed by atoms with Crippen molar-refractivity contribution >= 4 is 18.2 Å². The van der Waals surface area contributed by atoms with Crippen molar-refractivity contribution in [2.24, 2.45) is 5.73 Å². The summed E-state index contributed by atoms with van der Waals surface area (Å²) in [4.78, 5) is 10.1. The summed E-state index contributed by atoms with van der Waals surface area (Å²) in [6.07, 6.45) is 1.46. The van der Waals surface area contributed by atoms with Crippen molar-refractivity contribution in [2.75, 3.05) is 6.54 Å². The van der Waals surface area contributed by atoms with Crippen LogP contribution < -0.4 is 5.73 Å². The molecule has 0 fully saturated rings. The Morgan fingerprint density at radius 2 is 2.12 bits per heavy atom. The molecule has 0 unspecified atom stereocenters. The Labute approximate surface area is 55.9 Å². The standard InChI is InChI=1S/C5H11NO.ClH/c1-5(7)3-2-4-6;/h2-4,6H2,1H3;1H. The van der Waals surface area contributed by atoms with Crippen LogP contribution in [0.1, 0.15) is 19.8 Å². The first-order valence-corrected chi connectivity index (χ1v) is 2.47. The molecule has 0 saturated carbocycles. The van der Waals surface area contributed by atoms with Crippen molar-refractivity contribution < 1.29 is 4.79 Å². The molecule has 0 rings (SSSR count). The van der Waals surface area contributed by atoms with E-state index < -0.39 is 0 Å². The molecule has 0 heterocycles. The van der Waals surface area contributed by atoms with Crippen LogP contribution in [0.4, 0.5) is 0 Å². The van der Waals surface area contributed by atoms with Gasteiger partial charge in [-0.05, 0) is 19.9 Å². The Morgan fingerprint density at radius 3 is 2.25 bits per heavy atom. The smallest absolute Gasteiger partial charge is 0.129 e. The minimum atomic E-state index is 0. The van der Waals surface area contributed by atoms with Gasteiger partial charge in [0.05, 0.1) is 0 Å². The van der Waals surface area contributed by atoms with Gasteiger partial charge >= 0.3 is 0 Å². The predicted molar refractivity (Wildman–Crippen MR) is 36.2 cm³/mol. The number of carbonyl (C=O) groups is 1. The summed E-state index contributed by atoms with van der Waals surface area (Å²) in [5.41, 5.74) is 5.12. The van der Waals surface area contributed by atoms with E-state index in [-0.39, 0.29) is 18.2 Å². The summed E-state index contributed by atoms with van der Waals surface area (Å²) in [6, 6.07) is 0. The van der Waals surface area contributed by atoms with Crippen LogP contribution in [0.5, 0.6) is 0 Å². The number of nitrogens with two attached hydrogens (primary N) is 1. The molecule has 0 amide bonds. The minimum Gasteiger partial charge on any atom is -0.330 e. The molecule has 0 aromatic heterocycles. The fourth-order valence-corrected chi connectivity index (χ4v) is 0.351. The summed E-state index contributed by atoms with van der Waals surface area (Å²) in [5, 5.41) is 0. The molecule has 0 aromatic carbocycles. The molecule has 0 bridgehead atoms. The molecule has 0 atom stereocenters. The summed E-state index contributed by atoms with van der Waals surface area (Å²) >= 11 is 0. The highest BCUT2D eigenvalue weighted by Gasteiger charge is 1.87. The molecular weight excluding hydrogens is 126 g/mol. The lowest BCUT2D eigenvalue weighted by molar-refractivity contribution is -0.117. The number of halogens is 1. The van der Waals surface area contributed by atoms with E-state index in [9.17, 15) is 4.79 Å². The van der Waals surface area contributed by atoms with Gasteiger partial charge in [0.25, 0.3) is 0 Å². The molecule has 0 saturated heterocycles. The van der Waals surface area contributed by atoms with E-state index in [0.717, 1.165) is 6.42 Å². The maximum Gasteiger partial charge on any atom is 0.129 e. The SMILES string of the molecule is CC(=O)CCCN.Cl. The first kappa shape index (κ1) is 10.8. The summed E-state index contributed by atoms with van der Waals surface area (Å²) in [5.74, 6) is 0.227. The van der Waals surface area contributed by atoms with Gasteiger partial charge in [0.15, 0.2) is 0 Å². The van der Waals surface area contributed by atoms with Gasteiger partial charge in [-0.3, -0.25) is 0 Å². The van der Waals surface area contributed by atoms with Crippen LogP contribution in [0, 0.1) is 0 Å². The van der Waals surface area contributed by atoms with Gasteiger partial charge in [-0.25, -0.2) is 0 Å². The fourth-order valence-electron chi connectivity index (χ4n) is 0.351. The monoisotopic (exact) mass is 137 g/mol. The molecule has 0 aliphatic carbocycles. The molecule has 0 radical (unpaired) electrons. The molecule has 0 spiro atoms. The average Bonchev–Trinajstić information content (AvgIpc) is 1.61. The summed E-state index contributed by atoms with van der Waals surface area (Å²) < 4.78 is 0. The third-order valence-corrected chi connectivity index (χ3v) is 0.733. The molecule has 8 heavy (non-hydrogen) atoms. The van der Waals surface area contributed by atoms with E-state index in [0.29, 0.717) is 13.0 Å². The van der Waals surface area contributed by atoms with Crippen molar-refractivity contribution in [3.05, 3.63) is 0 Å². The predicted octanol–water partition coefficient (Wildman–Crippen LogP) is 0.736. The Kier molecular flexibility index (Phi) is 9.36. The molecule has 50 valence electrons. The van der Waals surface area contributed by atoms with Gasteiger partial charge in [-0.15, -0.1) is 12.4 Å². The number of rotatable bonds is 3. The zero-order chi connectivity index (χ0) is 5.70. The number of hydrogen-bond donors (Lipinski definition) is 1. The lowest BCUT2D eigenvalue weighted by Gasteiger charge is -1.87. The normalized spacial score (nSPS) is 7.75. The third kappa shape index (κ3) is 9.33. The Bertz CT molecular complexity index is 65.4. The van der Waals surface area contributed by atoms with E-state index in [2.05, 4.69) is 0 Å². The molecule has 2 nitrogen and oxygen atoms in total. The second-order valence-corrected chi connectivity index (χ2v) is 1.59. The Balaban J connectivity index is 0. The van der Waals surface area contributed by atoms with Crippen LogP contribution in [0.2, 0.25) is 0 Å². The van der Waals surface area contributed by atoms with E-state index in [4.69, 9.17) is 5.73 Å². The molecule has 0 aromatic rings. The van der Waals surface area contributed by atoms with Crippen molar-refractivity contribution in [1.29, 1.82) is 0 Å². The van der Waals surface area contributed by atoms with Crippen molar-refractivity contribution in [1.82, 2.24) is 0 Å². The summed E-state index contributed by atoms with van der Waals surface area (Å²) in [7, 11) is 0. The van der Waals surface area contributed by atoms with E-state index in [1.54, 1.807) is 6.92 Å². The fraction of sp³-hybridized carbons (Fsp3) is 0.800. The van der Waals surface area contributed by atoms with E-state index >= 15 is 0 Å². The highest BCUT2D eigenvalue weighted by atomic mass is 35.5. The highest BCUT2D eigenvalue weighted by molar-refractivity contribution is 5.85. The first-order chi connectivity index (χ1) is 3.27. The van der Waals surface area contributed by atoms with Crippen LogP contribution in [0.15, 0.2) is 0 Å². The van der Waals surface area contributed by atoms with Crippen LogP contribution in [0.25, 0.3) is 0 Å². The number of ketones is 1. The quantitative estimate of drug-likeness (QED) is 0.624. The molecule has 0 aliphatic rings. The lowest BCUT2D eigenvalue weighted by Crippen LogP contribution is -2.00. The van der Waals surface area contributed by atoms with E-state index in [1.807, 2.05) is 0 Å². The number of Topliss-reactive ketones (excluding diaryl/α,β-unsaturated/α-hetero) is 1. The van der Waals surface area contributed by atoms with Crippen LogP contribution >= 0.6 is 12.4 Å². The second kappa shape index (κ2) is 6.92. The van der Waals surface area contributed by atoms with Gasteiger partial charge in [-0.1, -0.05) is 0 Å². The van der Waals surface area contributed by atoms with Crippen LogP contribution in [-0.2, 0) is 4.79 Å².